The first-order chi connectivity index (χ1) is 15.2. The second-order valence-electron chi connectivity index (χ2n) is 8.25. The van der Waals surface area contributed by atoms with Crippen LogP contribution in [0.25, 0.3) is 0 Å². The molecule has 1 unspecified atom stereocenters. The molecule has 10 nitrogen and oxygen atoms in total. The van der Waals surface area contributed by atoms with E-state index in [9.17, 15) is 21.6 Å². The van der Waals surface area contributed by atoms with Crippen LogP contribution in [0, 0.1) is 0 Å². The fourth-order valence-corrected chi connectivity index (χ4v) is 7.45. The molecule has 0 radical (unpaired) electrons. The Morgan fingerprint density at radius 2 is 1.69 bits per heavy atom. The van der Waals surface area contributed by atoms with Gasteiger partial charge in [-0.15, -0.1) is 0 Å². The van der Waals surface area contributed by atoms with Gasteiger partial charge < -0.3 is 14.4 Å². The molecule has 3 fully saturated rings. The van der Waals surface area contributed by atoms with Crippen LogP contribution in [0.1, 0.15) is 6.42 Å². The van der Waals surface area contributed by atoms with Crippen LogP contribution in [-0.2, 0) is 29.4 Å². The fraction of sp³-hybridized carbons (Fsp3) is 0.650. The van der Waals surface area contributed by atoms with Crippen molar-refractivity contribution in [1.82, 2.24) is 14.1 Å². The Labute approximate surface area is 189 Å². The quantitative estimate of drug-likeness (QED) is 0.524. The van der Waals surface area contributed by atoms with Crippen LogP contribution in [0.4, 0.5) is 0 Å². The van der Waals surface area contributed by atoms with Crippen molar-refractivity contribution in [2.75, 3.05) is 70.6 Å². The number of hydrogen-bond donors (Lipinski definition) is 0. The molecular weight excluding hydrogens is 458 g/mol. The van der Waals surface area contributed by atoms with Crippen LogP contribution in [0.15, 0.2) is 29.2 Å². The van der Waals surface area contributed by atoms with Crippen molar-refractivity contribution < 1.29 is 31.1 Å². The van der Waals surface area contributed by atoms with E-state index < -0.39 is 19.9 Å². The molecule has 1 amide bonds. The highest BCUT2D eigenvalue weighted by Gasteiger charge is 2.34. The Morgan fingerprint density at radius 1 is 1.03 bits per heavy atom. The summed E-state index contributed by atoms with van der Waals surface area (Å²) >= 11 is 0. The Kier molecular flexibility index (Phi) is 7.06. The van der Waals surface area contributed by atoms with Gasteiger partial charge >= 0.3 is 0 Å². The highest BCUT2D eigenvalue weighted by molar-refractivity contribution is 7.91. The van der Waals surface area contributed by atoms with E-state index in [-0.39, 0.29) is 35.0 Å². The number of carbonyl (C=O) groups is 1. The summed E-state index contributed by atoms with van der Waals surface area (Å²) in [7, 11) is -6.49. The van der Waals surface area contributed by atoms with Gasteiger partial charge in [0.1, 0.15) is 5.75 Å². The Morgan fingerprint density at radius 3 is 2.28 bits per heavy atom. The average molecular weight is 488 g/mol. The van der Waals surface area contributed by atoms with Gasteiger partial charge in [0.2, 0.25) is 10.0 Å². The van der Waals surface area contributed by atoms with Crippen molar-refractivity contribution in [3.05, 3.63) is 24.3 Å². The van der Waals surface area contributed by atoms with Crippen LogP contribution in [0.5, 0.6) is 5.75 Å². The van der Waals surface area contributed by atoms with Crippen LogP contribution in [0.2, 0.25) is 0 Å². The molecule has 3 aliphatic rings. The Balaban J connectivity index is 1.25. The number of morpholine rings is 1. The second kappa shape index (κ2) is 9.64. The highest BCUT2D eigenvalue weighted by Crippen LogP contribution is 2.21. The number of rotatable bonds is 6. The standard InChI is InChI=1S/C20H29N3O7S2/c24-20(22-8-6-21(7-9-22)17-5-14-31(25,26)16-17)15-30-18-1-3-19(4-2-18)32(27,28)23-10-12-29-13-11-23/h1-4,17H,5-16H2. The van der Waals surface area contributed by atoms with E-state index in [1.165, 1.54) is 16.4 Å². The number of ether oxygens (including phenoxy) is 2. The molecular formula is C20H29N3O7S2. The first-order valence-corrected chi connectivity index (χ1v) is 14.0. The zero-order chi connectivity index (χ0) is 22.8. The third-order valence-electron chi connectivity index (χ3n) is 6.19. The number of nitrogens with zero attached hydrogens (tertiary/aromatic N) is 3. The average Bonchev–Trinajstić information content (AvgIpc) is 3.18. The smallest absolute Gasteiger partial charge is 0.260 e. The molecule has 4 rings (SSSR count). The van der Waals surface area contributed by atoms with Gasteiger partial charge in [-0.1, -0.05) is 0 Å². The van der Waals surface area contributed by atoms with Crippen LogP contribution >= 0.6 is 0 Å². The van der Waals surface area contributed by atoms with E-state index in [0.717, 1.165) is 0 Å². The molecule has 1 aromatic rings. The summed E-state index contributed by atoms with van der Waals surface area (Å²) in [5, 5.41) is 0. The summed E-state index contributed by atoms with van der Waals surface area (Å²) in [6.45, 7) is 3.68. The molecule has 0 N–H and O–H groups in total. The number of sulfone groups is 1. The van der Waals surface area contributed by atoms with Gasteiger partial charge in [0.15, 0.2) is 16.4 Å². The molecule has 0 spiro atoms. The molecule has 1 atom stereocenters. The molecule has 178 valence electrons. The van der Waals surface area contributed by atoms with E-state index in [1.807, 2.05) is 0 Å². The van der Waals surface area contributed by atoms with Crippen molar-refractivity contribution in [2.45, 2.75) is 17.4 Å². The summed E-state index contributed by atoms with van der Waals surface area (Å²) in [6.07, 6.45) is 0.663. The minimum atomic E-state index is -3.57. The predicted molar refractivity (Wildman–Crippen MR) is 117 cm³/mol. The molecule has 0 aliphatic carbocycles. The molecule has 3 heterocycles. The molecule has 1 aromatic carbocycles. The van der Waals surface area contributed by atoms with Crippen molar-refractivity contribution in [2.24, 2.45) is 0 Å². The molecule has 32 heavy (non-hydrogen) atoms. The summed E-state index contributed by atoms with van der Waals surface area (Å²) < 4.78 is 60.9. The van der Waals surface area contributed by atoms with E-state index >= 15 is 0 Å². The number of sulfonamides is 1. The van der Waals surface area contributed by atoms with Gasteiger partial charge in [0.25, 0.3) is 5.91 Å². The lowest BCUT2D eigenvalue weighted by atomic mass is 10.2. The second-order valence-corrected chi connectivity index (χ2v) is 12.4. The monoisotopic (exact) mass is 487 g/mol. The minimum absolute atomic E-state index is 0.0563. The van der Waals surface area contributed by atoms with Gasteiger partial charge in [-0.05, 0) is 30.7 Å². The van der Waals surface area contributed by atoms with Gasteiger partial charge in [0, 0.05) is 45.3 Å². The zero-order valence-corrected chi connectivity index (χ0v) is 19.5. The third-order valence-corrected chi connectivity index (χ3v) is 9.85. The largest absolute Gasteiger partial charge is 0.484 e. The topological polar surface area (TPSA) is 114 Å². The molecule has 0 aromatic heterocycles. The number of hydrogen-bond acceptors (Lipinski definition) is 8. The first-order valence-electron chi connectivity index (χ1n) is 10.8. The van der Waals surface area contributed by atoms with Gasteiger partial charge in [-0.25, -0.2) is 16.8 Å². The van der Waals surface area contributed by atoms with Crippen LogP contribution in [-0.4, -0.2) is 113 Å². The highest BCUT2D eigenvalue weighted by atomic mass is 32.2. The van der Waals surface area contributed by atoms with E-state index in [1.54, 1.807) is 17.0 Å². The lowest BCUT2D eigenvalue weighted by molar-refractivity contribution is -0.135. The predicted octanol–water partition coefficient (Wildman–Crippen LogP) is -0.582. The normalized spacial score (nSPS) is 25.0. The van der Waals surface area contributed by atoms with E-state index in [2.05, 4.69) is 4.90 Å². The third kappa shape index (κ3) is 5.42. The lowest BCUT2D eigenvalue weighted by Gasteiger charge is -2.37. The maximum absolute atomic E-state index is 12.7. The fourth-order valence-electron chi connectivity index (χ4n) is 4.28. The molecule has 12 heteroatoms. The number of amides is 1. The van der Waals surface area contributed by atoms with Crippen LogP contribution < -0.4 is 4.74 Å². The SMILES string of the molecule is O=C(COc1ccc(S(=O)(=O)N2CCOCC2)cc1)N1CCN(C2CCS(=O)(=O)C2)CC1. The summed E-state index contributed by atoms with van der Waals surface area (Å²) in [5.74, 6) is 0.737. The van der Waals surface area contributed by atoms with Gasteiger partial charge in [-0.3, -0.25) is 9.69 Å². The van der Waals surface area contributed by atoms with Crippen LogP contribution in [0.3, 0.4) is 0 Å². The maximum atomic E-state index is 12.7. The van der Waals surface area contributed by atoms with Gasteiger partial charge in [0.05, 0.1) is 29.6 Å². The Bertz CT molecular complexity index is 1010. The lowest BCUT2D eigenvalue weighted by Crippen LogP contribution is -2.53. The Hall–Kier alpha value is -1.73. The van der Waals surface area contributed by atoms with Crippen molar-refractivity contribution in [3.8, 4) is 5.75 Å². The molecule has 0 saturated carbocycles. The first kappa shape index (κ1) is 23.4. The molecule has 3 saturated heterocycles. The molecule has 0 bridgehead atoms. The zero-order valence-electron chi connectivity index (χ0n) is 17.9. The summed E-state index contributed by atoms with van der Waals surface area (Å²) in [4.78, 5) is 16.6. The van der Waals surface area contributed by atoms with Crippen molar-refractivity contribution in [1.29, 1.82) is 0 Å². The number of benzene rings is 1. The van der Waals surface area contributed by atoms with Crippen molar-refractivity contribution in [3.63, 3.8) is 0 Å². The summed E-state index contributed by atoms with van der Waals surface area (Å²) in [5.41, 5.74) is 0. The minimum Gasteiger partial charge on any atom is -0.484 e. The van der Waals surface area contributed by atoms with E-state index in [0.29, 0.717) is 64.7 Å². The number of carbonyl (C=O) groups excluding carboxylic acids is 1. The molecule has 3 aliphatic heterocycles. The van der Waals surface area contributed by atoms with Crippen molar-refractivity contribution >= 4 is 25.8 Å². The maximum Gasteiger partial charge on any atom is 0.260 e. The van der Waals surface area contributed by atoms with Gasteiger partial charge in [-0.2, -0.15) is 4.31 Å². The number of piperazine rings is 1. The van der Waals surface area contributed by atoms with E-state index in [4.69, 9.17) is 9.47 Å². The summed E-state index contributed by atoms with van der Waals surface area (Å²) in [6, 6.07) is 6.14.